The molecule has 2 aromatic heterocycles. The summed E-state index contributed by atoms with van der Waals surface area (Å²) in [6, 6.07) is 46.2. The van der Waals surface area contributed by atoms with Crippen molar-refractivity contribution >= 4 is 44.0 Å². The largest absolute Gasteiger partial charge is 0.455 e. The van der Waals surface area contributed by atoms with Gasteiger partial charge in [-0.3, -0.25) is 0 Å². The van der Waals surface area contributed by atoms with Crippen LogP contribution in [0.25, 0.3) is 72.4 Å². The zero-order valence-electron chi connectivity index (χ0n) is 38.3. The Kier molecular flexibility index (Phi) is 9.15. The van der Waals surface area contributed by atoms with Gasteiger partial charge in [0.25, 0.3) is 0 Å². The van der Waals surface area contributed by atoms with Crippen LogP contribution >= 0.6 is 0 Å². The molecule has 6 aromatic carbocycles. The summed E-state index contributed by atoms with van der Waals surface area (Å²) >= 11 is 0. The molecule has 0 N–H and O–H groups in total. The van der Waals surface area contributed by atoms with Crippen LogP contribution in [0.5, 0.6) is 0 Å². The number of hydrogen-bond acceptors (Lipinski definition) is 5. The number of hydrogen-bond donors (Lipinski definition) is 0. The smallest absolute Gasteiger partial charge is 0.167 e. The molecule has 5 aliphatic carbocycles. The third kappa shape index (κ3) is 6.18. The lowest BCUT2D eigenvalue weighted by Gasteiger charge is -2.36. The maximum absolute atomic E-state index is 7.10. The lowest BCUT2D eigenvalue weighted by Crippen LogP contribution is -2.33. The lowest BCUT2D eigenvalue weighted by molar-refractivity contribution is 0.554. The second-order valence-electron chi connectivity index (χ2n) is 19.5. The molecule has 3 atom stereocenters. The minimum absolute atomic E-state index is 0.225. The van der Waals surface area contributed by atoms with Crippen molar-refractivity contribution in [2.24, 2.45) is 0 Å². The molecular formula is C63H50N4O. The van der Waals surface area contributed by atoms with Gasteiger partial charge in [-0.05, 0) is 137 Å². The van der Waals surface area contributed by atoms with Crippen LogP contribution in [0, 0.1) is 0 Å². The van der Waals surface area contributed by atoms with Crippen LogP contribution in [-0.2, 0) is 0 Å². The monoisotopic (exact) mass is 878 g/mol. The van der Waals surface area contributed by atoms with Crippen molar-refractivity contribution < 1.29 is 4.42 Å². The van der Waals surface area contributed by atoms with Gasteiger partial charge in [-0.25, -0.2) is 15.0 Å². The Hall–Kier alpha value is -7.63. The quantitative estimate of drug-likeness (QED) is 0.167. The van der Waals surface area contributed by atoms with Crippen LogP contribution in [0.4, 0.5) is 5.69 Å². The fourth-order valence-electron chi connectivity index (χ4n) is 12.6. The second kappa shape index (κ2) is 15.7. The van der Waals surface area contributed by atoms with Gasteiger partial charge in [0, 0.05) is 22.2 Å². The first-order valence-electron chi connectivity index (χ1n) is 24.7. The van der Waals surface area contributed by atoms with Crippen LogP contribution in [-0.4, -0.2) is 21.0 Å². The van der Waals surface area contributed by atoms with E-state index in [0.717, 1.165) is 101 Å². The molecule has 3 unspecified atom stereocenters. The highest BCUT2D eigenvalue weighted by molar-refractivity contribution is 6.16. The number of fused-ring (bicyclic) bond motifs is 8. The number of aromatic nitrogens is 3. The predicted molar refractivity (Wildman–Crippen MR) is 278 cm³/mol. The van der Waals surface area contributed by atoms with E-state index in [0.29, 0.717) is 17.5 Å². The van der Waals surface area contributed by atoms with Crippen molar-refractivity contribution in [3.8, 4) is 34.2 Å². The highest BCUT2D eigenvalue weighted by Crippen LogP contribution is 2.53. The van der Waals surface area contributed by atoms with E-state index in [4.69, 9.17) is 19.4 Å². The number of benzene rings is 6. The molecule has 68 heavy (non-hydrogen) atoms. The summed E-state index contributed by atoms with van der Waals surface area (Å²) in [6.45, 7) is 2.40. The van der Waals surface area contributed by atoms with E-state index in [9.17, 15) is 0 Å². The van der Waals surface area contributed by atoms with E-state index >= 15 is 0 Å². The molecule has 328 valence electrons. The summed E-state index contributed by atoms with van der Waals surface area (Å²) in [5, 5.41) is 4.47. The van der Waals surface area contributed by atoms with Gasteiger partial charge in [-0.2, -0.15) is 0 Å². The number of allylic oxidation sites excluding steroid dienone is 11. The van der Waals surface area contributed by atoms with Gasteiger partial charge in [0.05, 0.1) is 22.7 Å². The third-order valence-corrected chi connectivity index (χ3v) is 15.8. The van der Waals surface area contributed by atoms with Crippen molar-refractivity contribution in [2.75, 3.05) is 4.90 Å². The van der Waals surface area contributed by atoms with Crippen molar-refractivity contribution in [1.82, 2.24) is 15.0 Å². The minimum atomic E-state index is 0.225. The number of para-hydroxylation sites is 1. The SMILES string of the molecule is CC(c1ccccc1)C1CC2=C(C=CCC2)c2cccc(-c3nc(-c4cccc5ccccc45)nc(-c4ccc(N5C6=C(C=CCC6)C6=CC7=C(CCC=C7)CC65)c5c4oc4ccccc45)n3)c21. The van der Waals surface area contributed by atoms with E-state index in [1.165, 1.54) is 50.4 Å². The first-order chi connectivity index (χ1) is 33.6. The standard InChI is InChI=1S/C63H50N4O/c1-38(39-17-3-2-4-18-39)52-36-43-22-8-10-25-45(43)47-28-16-30-50(58(47)52)62-64-61(48-29-15-23-40-19-7-9-24-44(40)48)65-63(66-62)51-33-34-55(59-49-27-12-14-32-57(49)68-60(51)59)67-54-31-13-11-26-46(54)53-35-41-20-5-6-21-42(41)37-56(53)67/h2-5,7,9-12,14-20,23-30,32-35,38,52,56H,6,8,13,21-22,31,36-37H2,1H3. The first-order valence-corrected chi connectivity index (χ1v) is 24.7. The summed E-state index contributed by atoms with van der Waals surface area (Å²) in [6.07, 6.45) is 25.1. The number of rotatable bonds is 6. The molecule has 0 radical (unpaired) electrons. The summed E-state index contributed by atoms with van der Waals surface area (Å²) in [4.78, 5) is 19.3. The summed E-state index contributed by atoms with van der Waals surface area (Å²) in [5.74, 6) is 2.45. The maximum atomic E-state index is 7.10. The number of nitrogens with zero attached hydrogens (tertiary/aromatic N) is 4. The van der Waals surface area contributed by atoms with E-state index in [-0.39, 0.29) is 17.9 Å². The molecule has 5 nitrogen and oxygen atoms in total. The molecule has 8 aromatic rings. The Morgan fingerprint density at radius 2 is 1.25 bits per heavy atom. The van der Waals surface area contributed by atoms with E-state index in [1.54, 1.807) is 11.1 Å². The number of furan rings is 1. The van der Waals surface area contributed by atoms with Crippen molar-refractivity contribution in [2.45, 2.75) is 76.2 Å². The fourth-order valence-corrected chi connectivity index (χ4v) is 12.6. The fraction of sp³-hybridized carbons (Fsp3) is 0.190. The molecule has 3 heterocycles. The minimum Gasteiger partial charge on any atom is -0.455 e. The zero-order valence-corrected chi connectivity index (χ0v) is 38.3. The molecule has 0 fully saturated rings. The molecule has 5 heteroatoms. The molecule has 14 rings (SSSR count). The Labute approximate surface area is 397 Å². The highest BCUT2D eigenvalue weighted by Gasteiger charge is 2.41. The lowest BCUT2D eigenvalue weighted by atomic mass is 9.68. The number of anilines is 1. The van der Waals surface area contributed by atoms with E-state index in [2.05, 4.69) is 182 Å². The van der Waals surface area contributed by atoms with Crippen LogP contribution < -0.4 is 4.90 Å². The molecule has 0 saturated heterocycles. The highest BCUT2D eigenvalue weighted by atomic mass is 16.3. The molecule has 0 amide bonds. The van der Waals surface area contributed by atoms with Crippen molar-refractivity contribution in [1.29, 1.82) is 0 Å². The molecule has 0 bridgehead atoms. The van der Waals surface area contributed by atoms with Gasteiger partial charge in [0.1, 0.15) is 11.2 Å². The predicted octanol–water partition coefficient (Wildman–Crippen LogP) is 16.1. The average Bonchev–Trinajstić information content (AvgIpc) is 3.95. The Morgan fingerprint density at radius 1 is 0.574 bits per heavy atom. The van der Waals surface area contributed by atoms with Crippen LogP contribution in [0.1, 0.15) is 86.8 Å². The van der Waals surface area contributed by atoms with E-state index in [1.807, 2.05) is 0 Å². The Balaban J connectivity index is 1.01. The van der Waals surface area contributed by atoms with Gasteiger partial charge in [0.2, 0.25) is 0 Å². The van der Waals surface area contributed by atoms with Gasteiger partial charge in [0.15, 0.2) is 17.5 Å². The van der Waals surface area contributed by atoms with Gasteiger partial charge >= 0.3 is 0 Å². The molecule has 1 aliphatic heterocycles. The van der Waals surface area contributed by atoms with Gasteiger partial charge in [-0.15, -0.1) is 0 Å². The molecule has 0 saturated carbocycles. The molecule has 0 spiro atoms. The normalized spacial score (nSPS) is 19.9. The van der Waals surface area contributed by atoms with Crippen LogP contribution in [0.3, 0.4) is 0 Å². The van der Waals surface area contributed by atoms with Crippen LogP contribution in [0.2, 0.25) is 0 Å². The van der Waals surface area contributed by atoms with E-state index < -0.39 is 0 Å². The third-order valence-electron chi connectivity index (χ3n) is 15.8. The Bertz CT molecular complexity index is 3660. The van der Waals surface area contributed by atoms with Gasteiger partial charge < -0.3 is 9.32 Å². The summed E-state index contributed by atoms with van der Waals surface area (Å²) < 4.78 is 7.10. The maximum Gasteiger partial charge on any atom is 0.167 e. The molecule has 6 aliphatic rings. The van der Waals surface area contributed by atoms with Crippen molar-refractivity contribution in [3.05, 3.63) is 220 Å². The average molecular weight is 879 g/mol. The second-order valence-corrected chi connectivity index (χ2v) is 19.5. The summed E-state index contributed by atoms with van der Waals surface area (Å²) in [7, 11) is 0. The molecular weight excluding hydrogens is 829 g/mol. The van der Waals surface area contributed by atoms with Crippen LogP contribution in [0.15, 0.2) is 208 Å². The Morgan fingerprint density at radius 3 is 2.13 bits per heavy atom. The van der Waals surface area contributed by atoms with Gasteiger partial charge in [-0.1, -0.05) is 164 Å². The topological polar surface area (TPSA) is 55.1 Å². The summed E-state index contributed by atoms with van der Waals surface area (Å²) in [5.41, 5.74) is 19.8. The zero-order chi connectivity index (χ0) is 44.9. The van der Waals surface area contributed by atoms with Crippen molar-refractivity contribution in [3.63, 3.8) is 0 Å². The first kappa shape index (κ1) is 39.5.